The second kappa shape index (κ2) is 5.36. The highest BCUT2D eigenvalue weighted by Crippen LogP contribution is 2.21. The van der Waals surface area contributed by atoms with Gasteiger partial charge < -0.3 is 10.6 Å². The van der Waals surface area contributed by atoms with Gasteiger partial charge in [-0.05, 0) is 31.3 Å². The molecule has 0 spiro atoms. The van der Waals surface area contributed by atoms with Gasteiger partial charge in [0.1, 0.15) is 0 Å². The Morgan fingerprint density at radius 1 is 1.62 bits per heavy atom. The first-order valence-corrected chi connectivity index (χ1v) is 4.94. The van der Waals surface area contributed by atoms with Crippen LogP contribution in [0.4, 0.5) is 15.8 Å². The second-order valence-corrected chi connectivity index (χ2v) is 3.32. The van der Waals surface area contributed by atoms with Crippen LogP contribution in [0.15, 0.2) is 18.2 Å². The Hall–Kier alpha value is -1.76. The van der Waals surface area contributed by atoms with Crippen molar-refractivity contribution in [3.8, 4) is 0 Å². The lowest BCUT2D eigenvalue weighted by molar-refractivity contribution is -0.387. The number of thiocarbonyl (C=S) groups is 1. The minimum absolute atomic E-state index is 0.336. The minimum Gasteiger partial charge on any atom is -0.363 e. The highest BCUT2D eigenvalue weighted by atomic mass is 32.1. The first-order valence-electron chi connectivity index (χ1n) is 4.53. The molecule has 0 bridgehead atoms. The SMILES string of the molecule is CCNC(=S)Nc1ccc(F)c([N+](=O)[O-])c1. The van der Waals surface area contributed by atoms with Crippen LogP contribution in [0.25, 0.3) is 0 Å². The van der Waals surface area contributed by atoms with Crippen LogP contribution in [-0.2, 0) is 0 Å². The van der Waals surface area contributed by atoms with E-state index in [0.29, 0.717) is 17.3 Å². The molecule has 7 heteroatoms. The highest BCUT2D eigenvalue weighted by Gasteiger charge is 2.14. The summed E-state index contributed by atoms with van der Waals surface area (Å²) in [7, 11) is 0. The van der Waals surface area contributed by atoms with E-state index in [0.717, 1.165) is 12.1 Å². The van der Waals surface area contributed by atoms with Crippen molar-refractivity contribution in [3.63, 3.8) is 0 Å². The van der Waals surface area contributed by atoms with E-state index < -0.39 is 16.4 Å². The van der Waals surface area contributed by atoms with Gasteiger partial charge in [0.2, 0.25) is 5.82 Å². The van der Waals surface area contributed by atoms with Gasteiger partial charge in [0.05, 0.1) is 4.92 Å². The lowest BCUT2D eigenvalue weighted by atomic mass is 10.2. The van der Waals surface area contributed by atoms with Crippen molar-refractivity contribution in [2.75, 3.05) is 11.9 Å². The molecule has 5 nitrogen and oxygen atoms in total. The molecule has 0 heterocycles. The number of rotatable bonds is 3. The number of nitrogens with one attached hydrogen (secondary N) is 2. The molecule has 0 amide bonds. The Kier molecular flexibility index (Phi) is 4.12. The Bertz CT molecular complexity index is 425. The zero-order valence-corrected chi connectivity index (χ0v) is 9.31. The van der Waals surface area contributed by atoms with Crippen LogP contribution < -0.4 is 10.6 Å². The summed E-state index contributed by atoms with van der Waals surface area (Å²) < 4.78 is 13.0. The summed E-state index contributed by atoms with van der Waals surface area (Å²) in [4.78, 5) is 9.69. The number of halogens is 1. The molecule has 0 saturated carbocycles. The lowest BCUT2D eigenvalue weighted by Gasteiger charge is -2.08. The molecule has 0 aliphatic heterocycles. The Morgan fingerprint density at radius 3 is 2.88 bits per heavy atom. The van der Waals surface area contributed by atoms with Crippen LogP contribution >= 0.6 is 12.2 Å². The third kappa shape index (κ3) is 3.13. The van der Waals surface area contributed by atoms with Crippen LogP contribution in [0.3, 0.4) is 0 Å². The number of hydrogen-bond acceptors (Lipinski definition) is 3. The normalized spacial score (nSPS) is 9.62. The molecular weight excluding hydrogens is 233 g/mol. The van der Waals surface area contributed by atoms with Crippen LogP contribution in [0.1, 0.15) is 6.92 Å². The molecule has 0 aliphatic carbocycles. The number of nitrogens with zero attached hydrogens (tertiary/aromatic N) is 1. The van der Waals surface area contributed by atoms with E-state index in [1.807, 2.05) is 6.92 Å². The Balaban J connectivity index is 2.87. The molecule has 1 aromatic carbocycles. The van der Waals surface area contributed by atoms with Crippen molar-refractivity contribution in [2.24, 2.45) is 0 Å². The maximum absolute atomic E-state index is 13.0. The molecule has 0 fully saturated rings. The molecule has 2 N–H and O–H groups in total. The van der Waals surface area contributed by atoms with E-state index in [-0.39, 0.29) is 0 Å². The van der Waals surface area contributed by atoms with E-state index >= 15 is 0 Å². The average Bonchev–Trinajstić information content (AvgIpc) is 2.21. The van der Waals surface area contributed by atoms with Gasteiger partial charge in [0.25, 0.3) is 0 Å². The van der Waals surface area contributed by atoms with Crippen molar-refractivity contribution >= 4 is 28.7 Å². The maximum Gasteiger partial charge on any atom is 0.306 e. The van der Waals surface area contributed by atoms with E-state index in [2.05, 4.69) is 10.6 Å². The van der Waals surface area contributed by atoms with E-state index in [1.54, 1.807) is 0 Å². The first kappa shape index (κ1) is 12.3. The number of hydrogen-bond donors (Lipinski definition) is 2. The van der Waals surface area contributed by atoms with Gasteiger partial charge in [-0.1, -0.05) is 0 Å². The molecule has 0 atom stereocenters. The summed E-state index contributed by atoms with van der Waals surface area (Å²) in [5, 5.41) is 16.3. The van der Waals surface area contributed by atoms with Crippen molar-refractivity contribution in [2.45, 2.75) is 6.92 Å². The Labute approximate surface area is 96.8 Å². The molecule has 0 aliphatic rings. The number of nitro groups is 1. The molecule has 86 valence electrons. The van der Waals surface area contributed by atoms with Gasteiger partial charge in [0.15, 0.2) is 5.11 Å². The predicted octanol–water partition coefficient (Wildman–Crippen LogP) is 2.04. The van der Waals surface area contributed by atoms with Crippen LogP contribution in [0.2, 0.25) is 0 Å². The van der Waals surface area contributed by atoms with Crippen molar-refractivity contribution in [1.29, 1.82) is 0 Å². The van der Waals surface area contributed by atoms with E-state index in [9.17, 15) is 14.5 Å². The highest BCUT2D eigenvalue weighted by molar-refractivity contribution is 7.80. The average molecular weight is 243 g/mol. The van der Waals surface area contributed by atoms with E-state index in [4.69, 9.17) is 12.2 Å². The van der Waals surface area contributed by atoms with Gasteiger partial charge >= 0.3 is 5.69 Å². The molecule has 0 unspecified atom stereocenters. The molecule has 0 aromatic heterocycles. The van der Waals surface area contributed by atoms with Gasteiger partial charge in [-0.2, -0.15) is 4.39 Å². The topological polar surface area (TPSA) is 67.2 Å². The van der Waals surface area contributed by atoms with Gasteiger partial charge in [-0.15, -0.1) is 0 Å². The quantitative estimate of drug-likeness (QED) is 0.483. The fraction of sp³-hybridized carbons (Fsp3) is 0.222. The van der Waals surface area contributed by atoms with Crippen LogP contribution in [-0.4, -0.2) is 16.6 Å². The maximum atomic E-state index is 13.0. The second-order valence-electron chi connectivity index (χ2n) is 2.91. The van der Waals surface area contributed by atoms with Crippen molar-refractivity contribution in [3.05, 3.63) is 34.1 Å². The lowest BCUT2D eigenvalue weighted by Crippen LogP contribution is -2.27. The summed E-state index contributed by atoms with van der Waals surface area (Å²) in [6.45, 7) is 2.50. The molecule has 1 rings (SSSR count). The number of benzene rings is 1. The summed E-state index contributed by atoms with van der Waals surface area (Å²) in [5.74, 6) is -0.870. The van der Waals surface area contributed by atoms with Crippen molar-refractivity contribution < 1.29 is 9.31 Å². The zero-order chi connectivity index (χ0) is 12.1. The number of anilines is 1. The van der Waals surface area contributed by atoms with E-state index in [1.165, 1.54) is 6.07 Å². The fourth-order valence-corrected chi connectivity index (χ4v) is 1.33. The summed E-state index contributed by atoms with van der Waals surface area (Å²) in [6.07, 6.45) is 0. The minimum atomic E-state index is -0.870. The summed E-state index contributed by atoms with van der Waals surface area (Å²) in [6, 6.07) is 3.50. The van der Waals surface area contributed by atoms with Crippen LogP contribution in [0, 0.1) is 15.9 Å². The molecule has 0 saturated heterocycles. The monoisotopic (exact) mass is 243 g/mol. The molecule has 1 aromatic rings. The predicted molar refractivity (Wildman–Crippen MR) is 63.0 cm³/mol. The van der Waals surface area contributed by atoms with Gasteiger partial charge in [-0.25, -0.2) is 0 Å². The van der Waals surface area contributed by atoms with Crippen LogP contribution in [0.5, 0.6) is 0 Å². The third-order valence-electron chi connectivity index (χ3n) is 1.74. The Morgan fingerprint density at radius 2 is 2.31 bits per heavy atom. The third-order valence-corrected chi connectivity index (χ3v) is 1.98. The van der Waals surface area contributed by atoms with Crippen molar-refractivity contribution in [1.82, 2.24) is 5.32 Å². The summed E-state index contributed by atoms with van der Waals surface area (Å²) >= 11 is 4.89. The molecule has 0 radical (unpaired) electrons. The first-order chi connectivity index (χ1) is 7.54. The fourth-order valence-electron chi connectivity index (χ4n) is 1.07. The van der Waals surface area contributed by atoms with Gasteiger partial charge in [0, 0.05) is 18.3 Å². The summed E-state index contributed by atoms with van der Waals surface area (Å²) in [5.41, 5.74) is -0.205. The smallest absolute Gasteiger partial charge is 0.306 e. The number of nitro benzene ring substituents is 1. The standard InChI is InChI=1S/C9H10FN3O2S/c1-2-11-9(16)12-6-3-4-7(10)8(5-6)13(14)15/h3-5H,2H2,1H3,(H2,11,12,16). The molecular formula is C9H10FN3O2S. The largest absolute Gasteiger partial charge is 0.363 e. The van der Waals surface area contributed by atoms with Gasteiger partial charge in [-0.3, -0.25) is 10.1 Å². The zero-order valence-electron chi connectivity index (χ0n) is 8.49. The molecule has 16 heavy (non-hydrogen) atoms.